The predicted octanol–water partition coefficient (Wildman–Crippen LogP) is 2.09. The van der Waals surface area contributed by atoms with Crippen LogP contribution in [0.3, 0.4) is 0 Å². The number of aliphatic hydroxyl groups excluding tert-OH is 1. The summed E-state index contributed by atoms with van der Waals surface area (Å²) in [6, 6.07) is 14.6. The van der Waals surface area contributed by atoms with Crippen molar-refractivity contribution in [2.24, 2.45) is 0 Å². The zero-order chi connectivity index (χ0) is 23.8. The van der Waals surface area contributed by atoms with Crippen LogP contribution in [0.2, 0.25) is 0 Å². The molecule has 174 valence electrons. The Balaban J connectivity index is 1.28. The smallest absolute Gasteiger partial charge is 0.412 e. The maximum Gasteiger partial charge on any atom is 0.412 e. The van der Waals surface area contributed by atoms with E-state index in [2.05, 4.69) is 20.3 Å². The molecule has 1 aromatic heterocycles. The van der Waals surface area contributed by atoms with Crippen LogP contribution in [0.1, 0.15) is 34.0 Å². The van der Waals surface area contributed by atoms with Crippen molar-refractivity contribution in [3.63, 3.8) is 0 Å². The maximum atomic E-state index is 12.8. The maximum absolute atomic E-state index is 12.8. The lowest BCUT2D eigenvalue weighted by molar-refractivity contribution is -0.141. The van der Waals surface area contributed by atoms with E-state index in [4.69, 9.17) is 4.74 Å². The molecule has 1 aliphatic carbocycles. The van der Waals surface area contributed by atoms with Crippen LogP contribution in [-0.4, -0.2) is 68.7 Å². The van der Waals surface area contributed by atoms with Gasteiger partial charge >= 0.3 is 12.1 Å². The van der Waals surface area contributed by atoms with Crippen molar-refractivity contribution in [3.05, 3.63) is 65.4 Å². The lowest BCUT2D eigenvalue weighted by Gasteiger charge is -2.19. The Kier molecular flexibility index (Phi) is 5.46. The number of carboxylic acids is 1. The average Bonchev–Trinajstić information content (AvgIpc) is 3.53. The molecule has 0 unspecified atom stereocenters. The number of aliphatic hydroxyl groups is 1. The number of ether oxygens (including phenoxy) is 1. The lowest BCUT2D eigenvalue weighted by atomic mass is 9.98. The fraction of sp³-hybridized carbons (Fsp3) is 0.261. The van der Waals surface area contributed by atoms with Crippen molar-refractivity contribution in [2.75, 3.05) is 18.5 Å². The van der Waals surface area contributed by atoms with E-state index in [1.165, 1.54) is 0 Å². The van der Waals surface area contributed by atoms with Gasteiger partial charge < -0.3 is 19.8 Å². The number of β-amino-alcohol motifs (C(OH)–C–C–N with tert-alkyl or cyclic N) is 1. The monoisotopic (exact) mass is 464 g/mol. The summed E-state index contributed by atoms with van der Waals surface area (Å²) in [5, 5.41) is 28.5. The van der Waals surface area contributed by atoms with Gasteiger partial charge in [0.1, 0.15) is 12.6 Å². The van der Waals surface area contributed by atoms with E-state index in [1.54, 1.807) is 0 Å². The van der Waals surface area contributed by atoms with Gasteiger partial charge in [-0.05, 0) is 32.6 Å². The SMILES string of the molecule is O=C(Nc1nonc1C(=O)N1C[C@@H](O)C[C@H]1C(=O)O)OCC1c2ccccc2-c2ccccc21. The highest BCUT2D eigenvalue weighted by molar-refractivity contribution is 6.01. The summed E-state index contributed by atoms with van der Waals surface area (Å²) < 4.78 is 10.0. The van der Waals surface area contributed by atoms with E-state index in [0.29, 0.717) is 0 Å². The van der Waals surface area contributed by atoms with Crippen LogP contribution in [0.15, 0.2) is 53.2 Å². The van der Waals surface area contributed by atoms with Gasteiger partial charge in [-0.2, -0.15) is 0 Å². The molecule has 5 rings (SSSR count). The van der Waals surface area contributed by atoms with Gasteiger partial charge in [-0.25, -0.2) is 14.2 Å². The van der Waals surface area contributed by atoms with Crippen LogP contribution >= 0.6 is 0 Å². The summed E-state index contributed by atoms with van der Waals surface area (Å²) in [4.78, 5) is 37.7. The lowest BCUT2D eigenvalue weighted by Crippen LogP contribution is -2.41. The summed E-state index contributed by atoms with van der Waals surface area (Å²) >= 11 is 0. The Morgan fingerprint density at radius 3 is 2.35 bits per heavy atom. The molecule has 2 aromatic carbocycles. The average molecular weight is 464 g/mol. The number of carbonyl (C=O) groups is 3. The molecule has 0 radical (unpaired) electrons. The number of amides is 2. The highest BCUT2D eigenvalue weighted by Gasteiger charge is 2.41. The fourth-order valence-corrected chi connectivity index (χ4v) is 4.55. The predicted molar refractivity (Wildman–Crippen MR) is 116 cm³/mol. The third kappa shape index (κ3) is 3.75. The molecular formula is C23H20N4O7. The number of aromatic nitrogens is 2. The second-order valence-electron chi connectivity index (χ2n) is 8.11. The third-order valence-corrected chi connectivity index (χ3v) is 6.08. The number of benzene rings is 2. The molecule has 2 amide bonds. The number of fused-ring (bicyclic) bond motifs is 3. The Labute approximate surface area is 192 Å². The fourth-order valence-electron chi connectivity index (χ4n) is 4.55. The number of nitrogens with zero attached hydrogens (tertiary/aromatic N) is 3. The molecule has 3 N–H and O–H groups in total. The quantitative estimate of drug-likeness (QED) is 0.515. The minimum atomic E-state index is -1.26. The summed E-state index contributed by atoms with van der Waals surface area (Å²) in [5.41, 5.74) is 3.88. The Morgan fingerprint density at radius 1 is 1.06 bits per heavy atom. The molecular weight excluding hydrogens is 444 g/mol. The zero-order valence-corrected chi connectivity index (χ0v) is 17.7. The third-order valence-electron chi connectivity index (χ3n) is 6.08. The second-order valence-corrected chi connectivity index (χ2v) is 8.11. The Hall–Kier alpha value is -4.25. The summed E-state index contributed by atoms with van der Waals surface area (Å²) in [6.07, 6.45) is -1.96. The molecule has 2 atom stereocenters. The molecule has 11 heteroatoms. The van der Waals surface area contributed by atoms with Gasteiger partial charge in [0.05, 0.1) is 6.10 Å². The highest BCUT2D eigenvalue weighted by Crippen LogP contribution is 2.44. The highest BCUT2D eigenvalue weighted by atomic mass is 16.6. The number of rotatable bonds is 5. The van der Waals surface area contributed by atoms with Gasteiger partial charge in [0, 0.05) is 18.9 Å². The van der Waals surface area contributed by atoms with E-state index in [-0.39, 0.29) is 37.0 Å². The van der Waals surface area contributed by atoms with Crippen LogP contribution in [-0.2, 0) is 9.53 Å². The van der Waals surface area contributed by atoms with E-state index < -0.39 is 30.1 Å². The van der Waals surface area contributed by atoms with Crippen molar-refractivity contribution in [3.8, 4) is 11.1 Å². The molecule has 0 saturated carbocycles. The second kappa shape index (κ2) is 8.60. The number of nitrogens with one attached hydrogen (secondary N) is 1. The van der Waals surface area contributed by atoms with Crippen molar-refractivity contribution < 1.29 is 34.0 Å². The Bertz CT molecular complexity index is 1230. The minimum Gasteiger partial charge on any atom is -0.480 e. The molecule has 1 saturated heterocycles. The van der Waals surface area contributed by atoms with Gasteiger partial charge in [0.15, 0.2) is 0 Å². The van der Waals surface area contributed by atoms with Gasteiger partial charge in [-0.1, -0.05) is 48.5 Å². The van der Waals surface area contributed by atoms with E-state index >= 15 is 0 Å². The van der Waals surface area contributed by atoms with Crippen LogP contribution in [0, 0.1) is 0 Å². The van der Waals surface area contributed by atoms with Crippen LogP contribution < -0.4 is 5.32 Å². The number of hydrogen-bond donors (Lipinski definition) is 3. The largest absolute Gasteiger partial charge is 0.480 e. The van der Waals surface area contributed by atoms with E-state index in [0.717, 1.165) is 27.2 Å². The number of hydrogen-bond acceptors (Lipinski definition) is 8. The number of likely N-dealkylation sites (tertiary alicyclic amines) is 1. The molecule has 0 spiro atoms. The first-order valence-electron chi connectivity index (χ1n) is 10.6. The van der Waals surface area contributed by atoms with E-state index in [9.17, 15) is 24.6 Å². The Morgan fingerprint density at radius 2 is 1.71 bits per heavy atom. The van der Waals surface area contributed by atoms with Gasteiger partial charge in [-0.3, -0.25) is 10.1 Å². The van der Waals surface area contributed by atoms with Gasteiger partial charge in [0.2, 0.25) is 11.5 Å². The van der Waals surface area contributed by atoms with Crippen LogP contribution in [0.4, 0.5) is 10.6 Å². The van der Waals surface area contributed by atoms with Crippen molar-refractivity contribution >= 4 is 23.8 Å². The molecule has 11 nitrogen and oxygen atoms in total. The zero-order valence-electron chi connectivity index (χ0n) is 17.7. The number of carboxylic acid groups (broad SMARTS) is 1. The van der Waals surface area contributed by atoms with Crippen LogP contribution in [0.5, 0.6) is 0 Å². The standard InChI is InChI=1S/C23H20N4O7/c28-12-9-18(22(30)31)27(10-12)21(29)19-20(26-34-25-19)24-23(32)33-11-17-15-7-3-1-5-13(15)14-6-2-4-8-16(14)17/h1-8,12,17-18,28H,9-11H2,(H,30,31)(H,24,26,32)/t12-,18-/m0/s1. The first-order chi connectivity index (χ1) is 16.4. The van der Waals surface area contributed by atoms with E-state index in [1.807, 2.05) is 48.5 Å². The molecule has 1 aliphatic heterocycles. The summed E-state index contributed by atoms with van der Waals surface area (Å²) in [7, 11) is 0. The summed E-state index contributed by atoms with van der Waals surface area (Å²) in [5.74, 6) is -2.55. The molecule has 2 aliphatic rings. The molecule has 3 aromatic rings. The van der Waals surface area contributed by atoms with Crippen molar-refractivity contribution in [1.82, 2.24) is 15.2 Å². The molecule has 0 bridgehead atoms. The number of anilines is 1. The van der Waals surface area contributed by atoms with Gasteiger partial charge in [0.25, 0.3) is 5.91 Å². The normalized spacial score (nSPS) is 18.9. The van der Waals surface area contributed by atoms with Gasteiger partial charge in [-0.15, -0.1) is 0 Å². The minimum absolute atomic E-state index is 0.0494. The molecule has 1 fully saturated rings. The number of aliphatic carboxylic acids is 1. The molecule has 34 heavy (non-hydrogen) atoms. The molecule has 2 heterocycles. The summed E-state index contributed by atoms with van der Waals surface area (Å²) in [6.45, 7) is -0.138. The van der Waals surface area contributed by atoms with Crippen LogP contribution in [0.25, 0.3) is 11.1 Å². The van der Waals surface area contributed by atoms with Crippen molar-refractivity contribution in [1.29, 1.82) is 0 Å². The topological polar surface area (TPSA) is 155 Å². The first-order valence-corrected chi connectivity index (χ1v) is 10.6. The first kappa shape index (κ1) is 21.6. The van der Waals surface area contributed by atoms with Crippen molar-refractivity contribution in [2.45, 2.75) is 24.5 Å². The number of carbonyl (C=O) groups excluding carboxylic acids is 2.